The van der Waals surface area contributed by atoms with E-state index in [2.05, 4.69) is 20.8 Å². The molecule has 1 aromatic carbocycles. The van der Waals surface area contributed by atoms with Crippen molar-refractivity contribution in [3.8, 4) is 0 Å². The van der Waals surface area contributed by atoms with Gasteiger partial charge in [-0.2, -0.15) is 0 Å². The van der Waals surface area contributed by atoms with Crippen molar-refractivity contribution in [2.24, 2.45) is 0 Å². The Bertz CT molecular complexity index is 458. The maximum absolute atomic E-state index is 11.5. The second-order valence-electron chi connectivity index (χ2n) is 3.38. The molecule has 0 saturated heterocycles. The normalized spacial score (nSPS) is 10.1. The van der Waals surface area contributed by atoms with E-state index in [1.54, 1.807) is 5.51 Å². The standard InChI is InChI=1S/C11H12N4OS/c16-10(14-11-15-13-8-17-11)7-12-6-9-4-2-1-3-5-9/h1-5,8,12H,6-7H2,(H,14,15,16). The molecule has 0 spiro atoms. The van der Waals surface area contributed by atoms with Crippen LogP contribution in [0.25, 0.3) is 0 Å². The van der Waals surface area contributed by atoms with E-state index in [9.17, 15) is 4.79 Å². The Balaban J connectivity index is 1.70. The lowest BCUT2D eigenvalue weighted by Gasteiger charge is -2.04. The lowest BCUT2D eigenvalue weighted by molar-refractivity contribution is -0.115. The number of nitrogens with zero attached hydrogens (tertiary/aromatic N) is 2. The van der Waals surface area contributed by atoms with Gasteiger partial charge >= 0.3 is 0 Å². The Morgan fingerprint density at radius 2 is 2.12 bits per heavy atom. The van der Waals surface area contributed by atoms with E-state index in [4.69, 9.17) is 0 Å². The van der Waals surface area contributed by atoms with Crippen molar-refractivity contribution in [2.75, 3.05) is 11.9 Å². The number of aromatic nitrogens is 2. The molecule has 88 valence electrons. The molecule has 17 heavy (non-hydrogen) atoms. The van der Waals surface area contributed by atoms with Gasteiger partial charge in [0.15, 0.2) is 0 Å². The van der Waals surface area contributed by atoms with Gasteiger partial charge in [0, 0.05) is 6.54 Å². The fraction of sp³-hybridized carbons (Fsp3) is 0.182. The van der Waals surface area contributed by atoms with Gasteiger partial charge in [-0.3, -0.25) is 10.1 Å². The van der Waals surface area contributed by atoms with E-state index in [0.717, 1.165) is 5.56 Å². The molecule has 2 aromatic rings. The lowest BCUT2D eigenvalue weighted by Crippen LogP contribution is -2.27. The van der Waals surface area contributed by atoms with Crippen LogP contribution in [0.5, 0.6) is 0 Å². The highest BCUT2D eigenvalue weighted by Gasteiger charge is 2.03. The molecule has 5 nitrogen and oxygen atoms in total. The van der Waals surface area contributed by atoms with Crippen LogP contribution >= 0.6 is 11.3 Å². The van der Waals surface area contributed by atoms with Crippen LogP contribution in [0, 0.1) is 0 Å². The van der Waals surface area contributed by atoms with Crippen LogP contribution in [0.2, 0.25) is 0 Å². The van der Waals surface area contributed by atoms with Crippen LogP contribution in [0.3, 0.4) is 0 Å². The smallest absolute Gasteiger partial charge is 0.240 e. The number of benzene rings is 1. The molecule has 1 heterocycles. The zero-order valence-corrected chi connectivity index (χ0v) is 9.91. The third kappa shape index (κ3) is 3.93. The molecule has 0 bridgehead atoms. The molecule has 0 aliphatic heterocycles. The highest BCUT2D eigenvalue weighted by atomic mass is 32.1. The summed E-state index contributed by atoms with van der Waals surface area (Å²) in [6.07, 6.45) is 0. The van der Waals surface area contributed by atoms with Gasteiger partial charge in [-0.1, -0.05) is 41.7 Å². The van der Waals surface area contributed by atoms with Crippen molar-refractivity contribution in [1.29, 1.82) is 0 Å². The minimum atomic E-state index is -0.113. The topological polar surface area (TPSA) is 66.9 Å². The number of hydrogen-bond donors (Lipinski definition) is 2. The first-order chi connectivity index (χ1) is 8.34. The molecule has 2 N–H and O–H groups in total. The zero-order chi connectivity index (χ0) is 11.9. The van der Waals surface area contributed by atoms with Crippen molar-refractivity contribution in [2.45, 2.75) is 6.54 Å². The number of anilines is 1. The Morgan fingerprint density at radius 3 is 2.82 bits per heavy atom. The quantitative estimate of drug-likeness (QED) is 0.836. The highest BCUT2D eigenvalue weighted by Crippen LogP contribution is 2.06. The number of amides is 1. The van der Waals surface area contributed by atoms with Crippen molar-refractivity contribution < 1.29 is 4.79 Å². The third-order valence-corrected chi connectivity index (χ3v) is 2.67. The third-order valence-electron chi connectivity index (χ3n) is 2.06. The molecule has 0 aliphatic rings. The predicted molar refractivity (Wildman–Crippen MR) is 66.7 cm³/mol. The first-order valence-corrected chi connectivity index (χ1v) is 6.03. The minimum absolute atomic E-state index is 0.113. The van der Waals surface area contributed by atoms with Gasteiger partial charge in [0.25, 0.3) is 0 Å². The Hall–Kier alpha value is -1.79. The van der Waals surface area contributed by atoms with Gasteiger partial charge in [-0.25, -0.2) is 0 Å². The maximum Gasteiger partial charge on any atom is 0.240 e. The summed E-state index contributed by atoms with van der Waals surface area (Å²) < 4.78 is 0. The second kappa shape index (κ2) is 6.07. The average Bonchev–Trinajstić information content (AvgIpc) is 2.83. The summed E-state index contributed by atoms with van der Waals surface area (Å²) in [5.74, 6) is -0.113. The van der Waals surface area contributed by atoms with Crippen LogP contribution in [0.15, 0.2) is 35.8 Å². The summed E-state index contributed by atoms with van der Waals surface area (Å²) in [5, 5.41) is 13.6. The van der Waals surface area contributed by atoms with E-state index >= 15 is 0 Å². The van der Waals surface area contributed by atoms with Gasteiger partial charge in [0.05, 0.1) is 6.54 Å². The zero-order valence-electron chi connectivity index (χ0n) is 9.09. The molecular formula is C11H12N4OS. The Kier molecular flexibility index (Phi) is 4.17. The van der Waals surface area contributed by atoms with Gasteiger partial charge < -0.3 is 5.32 Å². The molecule has 2 rings (SSSR count). The van der Waals surface area contributed by atoms with Crippen LogP contribution in [0.1, 0.15) is 5.56 Å². The van der Waals surface area contributed by atoms with Crippen LogP contribution in [0.4, 0.5) is 5.13 Å². The molecule has 0 atom stereocenters. The van der Waals surface area contributed by atoms with Gasteiger partial charge in [0.1, 0.15) is 5.51 Å². The van der Waals surface area contributed by atoms with E-state index in [1.165, 1.54) is 11.3 Å². The summed E-state index contributed by atoms with van der Waals surface area (Å²) in [6.45, 7) is 0.929. The summed E-state index contributed by atoms with van der Waals surface area (Å²) in [5.41, 5.74) is 2.73. The number of nitrogens with one attached hydrogen (secondary N) is 2. The molecule has 0 unspecified atom stereocenters. The molecule has 0 saturated carbocycles. The molecule has 0 fully saturated rings. The predicted octanol–water partition coefficient (Wildman–Crippen LogP) is 1.27. The van der Waals surface area contributed by atoms with Gasteiger partial charge in [0.2, 0.25) is 11.0 Å². The van der Waals surface area contributed by atoms with Gasteiger partial charge in [-0.15, -0.1) is 10.2 Å². The van der Waals surface area contributed by atoms with Crippen molar-refractivity contribution in [1.82, 2.24) is 15.5 Å². The molecule has 0 radical (unpaired) electrons. The summed E-state index contributed by atoms with van der Waals surface area (Å²) >= 11 is 1.30. The number of carbonyl (C=O) groups is 1. The van der Waals surface area contributed by atoms with Crippen LogP contribution in [-0.4, -0.2) is 22.6 Å². The van der Waals surface area contributed by atoms with Crippen molar-refractivity contribution in [3.63, 3.8) is 0 Å². The minimum Gasteiger partial charge on any atom is -0.304 e. The summed E-state index contributed by atoms with van der Waals surface area (Å²) in [4.78, 5) is 11.5. The fourth-order valence-electron chi connectivity index (χ4n) is 1.31. The molecular weight excluding hydrogens is 236 g/mol. The number of hydrogen-bond acceptors (Lipinski definition) is 5. The first kappa shape index (κ1) is 11.7. The number of carbonyl (C=O) groups excluding carboxylic acids is 1. The van der Waals surface area contributed by atoms with E-state index < -0.39 is 0 Å². The molecule has 0 aliphatic carbocycles. The molecule has 1 amide bonds. The van der Waals surface area contributed by atoms with Crippen LogP contribution < -0.4 is 10.6 Å². The fourth-order valence-corrected chi connectivity index (χ4v) is 1.77. The van der Waals surface area contributed by atoms with Gasteiger partial charge in [-0.05, 0) is 5.56 Å². The number of rotatable bonds is 5. The Morgan fingerprint density at radius 1 is 1.29 bits per heavy atom. The second-order valence-corrected chi connectivity index (χ2v) is 4.21. The highest BCUT2D eigenvalue weighted by molar-refractivity contribution is 7.13. The first-order valence-electron chi connectivity index (χ1n) is 5.15. The van der Waals surface area contributed by atoms with E-state index in [-0.39, 0.29) is 12.5 Å². The monoisotopic (exact) mass is 248 g/mol. The molecule has 6 heteroatoms. The van der Waals surface area contributed by atoms with E-state index in [0.29, 0.717) is 11.7 Å². The van der Waals surface area contributed by atoms with E-state index in [1.807, 2.05) is 30.3 Å². The summed E-state index contributed by atoms with van der Waals surface area (Å²) in [7, 11) is 0. The van der Waals surface area contributed by atoms with Crippen molar-refractivity contribution in [3.05, 3.63) is 41.4 Å². The largest absolute Gasteiger partial charge is 0.304 e. The van der Waals surface area contributed by atoms with Crippen molar-refractivity contribution >= 4 is 22.4 Å². The molecule has 1 aromatic heterocycles. The lowest BCUT2D eigenvalue weighted by atomic mass is 10.2. The van der Waals surface area contributed by atoms with Crippen LogP contribution in [-0.2, 0) is 11.3 Å². The Labute approximate surface area is 103 Å². The SMILES string of the molecule is O=C(CNCc1ccccc1)Nc1nncs1. The summed E-state index contributed by atoms with van der Waals surface area (Å²) in [6, 6.07) is 9.92. The maximum atomic E-state index is 11.5. The average molecular weight is 248 g/mol.